The van der Waals surface area contributed by atoms with E-state index in [0.717, 1.165) is 12.8 Å². The van der Waals surface area contributed by atoms with Gasteiger partial charge < -0.3 is 14.6 Å². The van der Waals surface area contributed by atoms with E-state index in [1.165, 1.54) is 0 Å². The predicted molar refractivity (Wildman–Crippen MR) is 58.3 cm³/mol. The van der Waals surface area contributed by atoms with Gasteiger partial charge in [-0.25, -0.2) is 0 Å². The summed E-state index contributed by atoms with van der Waals surface area (Å²) in [6, 6.07) is 0.586. The average molecular weight is 219 g/mol. The second kappa shape index (κ2) is 6.97. The van der Waals surface area contributed by atoms with Gasteiger partial charge in [0.15, 0.2) is 0 Å². The number of primary amides is 1. The lowest BCUT2D eigenvalue weighted by atomic mass is 10.5. The van der Waals surface area contributed by atoms with Crippen molar-refractivity contribution in [3.8, 4) is 0 Å². The zero-order chi connectivity index (χ0) is 11.0. The van der Waals surface area contributed by atoms with Gasteiger partial charge in [-0.15, -0.1) is 0 Å². The number of amides is 1. The second-order valence-corrected chi connectivity index (χ2v) is 6.45. The molecule has 0 fully saturated rings. The fraction of sp³-hybridized carbons (Fsp3) is 0.889. The number of nitrogens with two attached hydrogens (primary N) is 1. The minimum atomic E-state index is -2.75. The third kappa shape index (κ3) is 3.77. The average Bonchev–Trinajstić information content (AvgIpc) is 2.18. The molecule has 2 N–H and O–H groups in total. The molecule has 0 bridgehead atoms. The predicted octanol–water partition coefficient (Wildman–Crippen LogP) is 1.96. The summed E-state index contributed by atoms with van der Waals surface area (Å²) in [5, 5.41) is 0. The molecule has 1 amide bonds. The molecule has 84 valence electrons. The van der Waals surface area contributed by atoms with Gasteiger partial charge in [0.2, 0.25) is 0 Å². The van der Waals surface area contributed by atoms with Crippen LogP contribution in [-0.4, -0.2) is 27.3 Å². The van der Waals surface area contributed by atoms with E-state index >= 15 is 0 Å². The Morgan fingerprint density at radius 2 is 1.57 bits per heavy atom. The van der Waals surface area contributed by atoms with Gasteiger partial charge in [0.25, 0.3) is 5.53 Å². The lowest BCUT2D eigenvalue weighted by Crippen LogP contribution is -2.53. The summed E-state index contributed by atoms with van der Waals surface area (Å²) in [7, 11) is -2.75. The number of carbonyl (C=O) groups is 1. The maximum absolute atomic E-state index is 11.3. The first-order valence-electron chi connectivity index (χ1n) is 5.20. The zero-order valence-electron chi connectivity index (χ0n) is 9.34. The Kier molecular flexibility index (Phi) is 6.78. The lowest BCUT2D eigenvalue weighted by molar-refractivity contribution is 0.169. The molecule has 0 aromatic heterocycles. The fourth-order valence-corrected chi connectivity index (χ4v) is 3.29. The van der Waals surface area contributed by atoms with E-state index in [9.17, 15) is 4.79 Å². The molecule has 0 saturated carbocycles. The van der Waals surface area contributed by atoms with E-state index in [0.29, 0.717) is 19.3 Å². The largest absolute Gasteiger partial charge is 0.435 e. The van der Waals surface area contributed by atoms with Crippen molar-refractivity contribution in [1.82, 2.24) is 0 Å². The number of hydrogen-bond donors (Lipinski definition) is 1. The van der Waals surface area contributed by atoms with E-state index in [1.54, 1.807) is 0 Å². The molecule has 14 heavy (non-hydrogen) atoms. The van der Waals surface area contributed by atoms with Crippen molar-refractivity contribution < 1.29 is 13.6 Å². The molecular weight excluding hydrogens is 198 g/mol. The van der Waals surface area contributed by atoms with E-state index in [4.69, 9.17) is 14.6 Å². The number of rotatable bonds is 8. The summed E-state index contributed by atoms with van der Waals surface area (Å²) < 4.78 is 11.1. The van der Waals surface area contributed by atoms with Crippen LogP contribution >= 0.6 is 0 Å². The topological polar surface area (TPSA) is 61.6 Å². The van der Waals surface area contributed by atoms with Gasteiger partial charge in [0.05, 0.1) is 0 Å². The number of hydrogen-bond acceptors (Lipinski definition) is 3. The van der Waals surface area contributed by atoms with Crippen molar-refractivity contribution in [2.45, 2.75) is 39.7 Å². The Balaban J connectivity index is 4.35. The van der Waals surface area contributed by atoms with Crippen LogP contribution in [0.1, 0.15) is 33.6 Å². The van der Waals surface area contributed by atoms with Crippen molar-refractivity contribution in [1.29, 1.82) is 0 Å². The molecule has 0 unspecified atom stereocenters. The van der Waals surface area contributed by atoms with Crippen LogP contribution in [0.2, 0.25) is 6.04 Å². The van der Waals surface area contributed by atoms with Gasteiger partial charge in [-0.05, 0) is 18.9 Å². The molecular formula is C9H21NO3Si. The molecule has 5 heteroatoms. The molecule has 0 rings (SSSR count). The molecule has 0 aromatic carbocycles. The van der Waals surface area contributed by atoms with Crippen LogP contribution in [0.15, 0.2) is 0 Å². The smallest absolute Gasteiger partial charge is 0.388 e. The van der Waals surface area contributed by atoms with Crippen LogP contribution in [0.25, 0.3) is 0 Å². The van der Waals surface area contributed by atoms with Gasteiger partial charge >= 0.3 is 8.56 Å². The Bertz CT molecular complexity index is 167. The maximum Gasteiger partial charge on any atom is 0.435 e. The Morgan fingerprint density at radius 3 is 1.79 bits per heavy atom. The minimum absolute atomic E-state index is 0.401. The van der Waals surface area contributed by atoms with Crippen LogP contribution in [0.3, 0.4) is 0 Å². The van der Waals surface area contributed by atoms with Gasteiger partial charge in [-0.2, -0.15) is 0 Å². The van der Waals surface area contributed by atoms with Crippen LogP contribution in [0.5, 0.6) is 0 Å². The van der Waals surface area contributed by atoms with Crippen molar-refractivity contribution in [3.05, 3.63) is 0 Å². The van der Waals surface area contributed by atoms with Crippen LogP contribution < -0.4 is 5.73 Å². The van der Waals surface area contributed by atoms with Crippen molar-refractivity contribution >= 4 is 14.1 Å². The molecule has 0 spiro atoms. The highest BCUT2D eigenvalue weighted by atomic mass is 28.4. The molecule has 0 radical (unpaired) electrons. The first-order chi connectivity index (χ1) is 6.63. The van der Waals surface area contributed by atoms with E-state index in [-0.39, 0.29) is 0 Å². The standard InChI is InChI=1S/C9H21NO3Si/c1-4-7-12-14(6-3,9(10)11)13-8-5-2/h4-8H2,1-3H3,(H2,10,11). The Hall–Kier alpha value is -0.393. The quantitative estimate of drug-likeness (QED) is 0.635. The molecule has 0 atom stereocenters. The Morgan fingerprint density at radius 1 is 1.14 bits per heavy atom. The summed E-state index contributed by atoms with van der Waals surface area (Å²) in [6.45, 7) is 6.98. The van der Waals surface area contributed by atoms with Gasteiger partial charge in [0, 0.05) is 13.2 Å². The molecule has 0 aliphatic rings. The van der Waals surface area contributed by atoms with Crippen LogP contribution in [-0.2, 0) is 8.85 Å². The highest BCUT2D eigenvalue weighted by Crippen LogP contribution is 2.14. The van der Waals surface area contributed by atoms with E-state index in [2.05, 4.69) is 0 Å². The SMILES string of the molecule is CCCO[Si](CC)(OCCC)C(N)=O. The monoisotopic (exact) mass is 219 g/mol. The highest BCUT2D eigenvalue weighted by Gasteiger charge is 2.43. The highest BCUT2D eigenvalue weighted by molar-refractivity contribution is 6.96. The molecule has 0 heterocycles. The summed E-state index contributed by atoms with van der Waals surface area (Å²) in [4.78, 5) is 11.3. The molecule has 0 aliphatic heterocycles. The number of carbonyl (C=O) groups excluding carboxylic acids is 1. The van der Waals surface area contributed by atoms with Gasteiger partial charge in [-0.1, -0.05) is 20.8 Å². The van der Waals surface area contributed by atoms with Crippen molar-refractivity contribution in [3.63, 3.8) is 0 Å². The second-order valence-electron chi connectivity index (χ2n) is 3.17. The minimum Gasteiger partial charge on any atom is -0.388 e. The molecule has 4 nitrogen and oxygen atoms in total. The Labute approximate surface area is 87.0 Å². The van der Waals surface area contributed by atoms with Crippen molar-refractivity contribution in [2.75, 3.05) is 13.2 Å². The third-order valence-corrected chi connectivity index (χ3v) is 4.94. The zero-order valence-corrected chi connectivity index (χ0v) is 10.3. The van der Waals surface area contributed by atoms with E-state index in [1.807, 2.05) is 20.8 Å². The summed E-state index contributed by atoms with van der Waals surface area (Å²) >= 11 is 0. The van der Waals surface area contributed by atoms with E-state index < -0.39 is 14.1 Å². The molecule has 0 saturated heterocycles. The summed E-state index contributed by atoms with van der Waals surface area (Å²) in [5.41, 5.74) is 4.94. The molecule has 0 aliphatic carbocycles. The fourth-order valence-electron chi connectivity index (χ4n) is 1.10. The summed E-state index contributed by atoms with van der Waals surface area (Å²) in [6.07, 6.45) is 1.75. The summed E-state index contributed by atoms with van der Waals surface area (Å²) in [5.74, 6) is 0. The van der Waals surface area contributed by atoms with Crippen molar-refractivity contribution in [2.24, 2.45) is 5.73 Å². The van der Waals surface area contributed by atoms with Gasteiger partial charge in [0.1, 0.15) is 0 Å². The third-order valence-electron chi connectivity index (χ3n) is 1.92. The first-order valence-corrected chi connectivity index (χ1v) is 7.23. The maximum atomic E-state index is 11.3. The molecule has 0 aromatic rings. The lowest BCUT2D eigenvalue weighted by Gasteiger charge is -2.25. The van der Waals surface area contributed by atoms with Gasteiger partial charge in [-0.3, -0.25) is 4.79 Å². The first kappa shape index (κ1) is 13.6. The normalized spacial score (nSPS) is 11.6. The van der Waals surface area contributed by atoms with Crippen LogP contribution in [0, 0.1) is 0 Å². The van der Waals surface area contributed by atoms with Crippen LogP contribution in [0.4, 0.5) is 4.79 Å².